The molecule has 0 atom stereocenters. The number of hydrogen-bond donors (Lipinski definition) is 0. The number of hydrogen-bond acceptors (Lipinski definition) is 5. The van der Waals surface area contributed by atoms with E-state index in [1.165, 1.54) is 45.5 Å². The lowest BCUT2D eigenvalue weighted by Crippen LogP contribution is -2.39. The highest BCUT2D eigenvalue weighted by molar-refractivity contribution is 6.36. The van der Waals surface area contributed by atoms with Gasteiger partial charge in [0.2, 0.25) is 0 Å². The number of nitrogens with zero attached hydrogens (tertiary/aromatic N) is 3. The van der Waals surface area contributed by atoms with E-state index in [2.05, 4.69) is 0 Å². The molecule has 1 aromatic carbocycles. The molecule has 2 aromatic rings. The average molecular weight is 386 g/mol. The van der Waals surface area contributed by atoms with Crippen molar-refractivity contribution in [3.8, 4) is 5.75 Å². The minimum absolute atomic E-state index is 0.156. The van der Waals surface area contributed by atoms with Crippen LogP contribution in [-0.4, -0.2) is 21.2 Å². The molecule has 0 aliphatic carbocycles. The van der Waals surface area contributed by atoms with E-state index in [0.717, 1.165) is 4.57 Å². The summed E-state index contributed by atoms with van der Waals surface area (Å²) in [6.45, 7) is 0. The van der Waals surface area contributed by atoms with E-state index in [1.54, 1.807) is 0 Å². The van der Waals surface area contributed by atoms with Gasteiger partial charge in [0.15, 0.2) is 0 Å². The third-order valence-electron chi connectivity index (χ3n) is 3.53. The lowest BCUT2D eigenvalue weighted by molar-refractivity contribution is -0.387. The molecule has 2 rings (SSSR count). The predicted octanol–water partition coefficient (Wildman–Crippen LogP) is 2.48. The molecule has 132 valence electrons. The summed E-state index contributed by atoms with van der Waals surface area (Å²) in [6, 6.07) is 3.02. The molecule has 0 N–H and O–H groups in total. The third kappa shape index (κ3) is 3.45. The van der Waals surface area contributed by atoms with Crippen LogP contribution < -0.4 is 16.0 Å². The topological polar surface area (TPSA) is 96.4 Å². The lowest BCUT2D eigenvalue weighted by Gasteiger charge is -2.09. The summed E-state index contributed by atoms with van der Waals surface area (Å²) in [5.74, 6) is 0.304. The fourth-order valence-corrected chi connectivity index (χ4v) is 2.88. The number of methoxy groups -OCH3 is 1. The summed E-state index contributed by atoms with van der Waals surface area (Å²) in [4.78, 5) is 34.5. The van der Waals surface area contributed by atoms with Crippen LogP contribution in [0.15, 0.2) is 21.7 Å². The Morgan fingerprint density at radius 3 is 2.36 bits per heavy atom. The molecular formula is C15H13Cl2N3O5. The average Bonchev–Trinajstić information content (AvgIpc) is 2.54. The molecule has 0 saturated heterocycles. The zero-order valence-corrected chi connectivity index (χ0v) is 15.0. The van der Waals surface area contributed by atoms with E-state index in [9.17, 15) is 19.7 Å². The van der Waals surface area contributed by atoms with Crippen molar-refractivity contribution in [2.75, 3.05) is 7.11 Å². The maximum absolute atomic E-state index is 12.1. The quantitative estimate of drug-likeness (QED) is 0.594. The summed E-state index contributed by atoms with van der Waals surface area (Å²) < 4.78 is 6.87. The van der Waals surface area contributed by atoms with Crippen LogP contribution in [0.3, 0.4) is 0 Å². The van der Waals surface area contributed by atoms with Gasteiger partial charge in [-0.2, -0.15) is 0 Å². The molecule has 1 aromatic heterocycles. The minimum atomic E-state index is -0.996. The summed E-state index contributed by atoms with van der Waals surface area (Å²) in [7, 11) is 3.91. The molecular weight excluding hydrogens is 373 g/mol. The van der Waals surface area contributed by atoms with Crippen molar-refractivity contribution in [3.05, 3.63) is 64.4 Å². The van der Waals surface area contributed by atoms with Gasteiger partial charge in [0.05, 0.1) is 17.1 Å². The first kappa shape index (κ1) is 18.8. The molecule has 0 unspecified atom stereocenters. The number of nitro groups is 1. The molecule has 0 saturated carbocycles. The Morgan fingerprint density at radius 1 is 1.16 bits per heavy atom. The zero-order chi connectivity index (χ0) is 18.9. The molecule has 0 bridgehead atoms. The number of aromatic nitrogens is 2. The normalized spacial score (nSPS) is 11.1. The predicted molar refractivity (Wildman–Crippen MR) is 95.5 cm³/mol. The van der Waals surface area contributed by atoms with Gasteiger partial charge in [-0.3, -0.25) is 24.0 Å². The van der Waals surface area contributed by atoms with Crippen molar-refractivity contribution >= 4 is 41.0 Å². The van der Waals surface area contributed by atoms with Crippen molar-refractivity contribution in [2.24, 2.45) is 14.1 Å². The van der Waals surface area contributed by atoms with Crippen molar-refractivity contribution in [1.29, 1.82) is 0 Å². The van der Waals surface area contributed by atoms with E-state index in [-0.39, 0.29) is 10.7 Å². The second-order valence-electron chi connectivity index (χ2n) is 5.04. The first-order valence-corrected chi connectivity index (χ1v) is 7.60. The maximum atomic E-state index is 12.1. The van der Waals surface area contributed by atoms with Gasteiger partial charge in [0.25, 0.3) is 0 Å². The Hall–Kier alpha value is -2.58. The zero-order valence-electron chi connectivity index (χ0n) is 13.4. The monoisotopic (exact) mass is 385 g/mol. The highest BCUT2D eigenvalue weighted by atomic mass is 35.5. The lowest BCUT2D eigenvalue weighted by atomic mass is 10.1. The van der Waals surface area contributed by atoms with Gasteiger partial charge in [0, 0.05) is 24.7 Å². The molecule has 0 fully saturated rings. The van der Waals surface area contributed by atoms with Gasteiger partial charge in [-0.25, -0.2) is 4.79 Å². The largest absolute Gasteiger partial charge is 0.495 e. The highest BCUT2D eigenvalue weighted by Gasteiger charge is 2.23. The van der Waals surface area contributed by atoms with Crippen molar-refractivity contribution < 1.29 is 9.66 Å². The van der Waals surface area contributed by atoms with Crippen molar-refractivity contribution in [1.82, 2.24) is 9.13 Å². The van der Waals surface area contributed by atoms with E-state index >= 15 is 0 Å². The Kier molecular flexibility index (Phi) is 5.34. The molecule has 0 aliphatic rings. The van der Waals surface area contributed by atoms with Crippen LogP contribution in [0.2, 0.25) is 10.0 Å². The van der Waals surface area contributed by atoms with Gasteiger partial charge < -0.3 is 4.74 Å². The second kappa shape index (κ2) is 7.12. The first-order valence-electron chi connectivity index (χ1n) is 6.84. The summed E-state index contributed by atoms with van der Waals surface area (Å²) in [6.07, 6.45) is 2.70. The van der Waals surface area contributed by atoms with Gasteiger partial charge in [-0.1, -0.05) is 23.2 Å². The van der Waals surface area contributed by atoms with Crippen LogP contribution in [0.1, 0.15) is 11.3 Å². The molecule has 0 radical (unpaired) electrons. The standard InChI is InChI=1S/C15H13Cl2N3O5/c1-18-11(12(20(23)24)14(21)19(2)15(18)22)5-4-8-6-9(16)7-10(17)13(8)25-3/h4-7H,1-3H3. The smallest absolute Gasteiger partial charge is 0.357 e. The maximum Gasteiger partial charge on any atom is 0.357 e. The SMILES string of the molecule is COc1c(Cl)cc(Cl)cc1C=Cc1c([N+](=O)[O-])c(=O)n(C)c(=O)n1C. The second-order valence-corrected chi connectivity index (χ2v) is 5.88. The van der Waals surface area contributed by atoms with Gasteiger partial charge in [-0.05, 0) is 24.3 Å². The Morgan fingerprint density at radius 2 is 1.80 bits per heavy atom. The van der Waals surface area contributed by atoms with Crippen molar-refractivity contribution in [2.45, 2.75) is 0 Å². The van der Waals surface area contributed by atoms with Gasteiger partial charge in [0.1, 0.15) is 11.4 Å². The number of rotatable bonds is 4. The Balaban J connectivity index is 2.74. The third-order valence-corrected chi connectivity index (χ3v) is 4.03. The minimum Gasteiger partial charge on any atom is -0.495 e. The van der Waals surface area contributed by atoms with Crippen LogP contribution in [0, 0.1) is 10.1 Å². The van der Waals surface area contributed by atoms with Crippen LogP contribution in [0.4, 0.5) is 5.69 Å². The van der Waals surface area contributed by atoms with E-state index < -0.39 is 21.9 Å². The Labute approximate surface area is 151 Å². The summed E-state index contributed by atoms with van der Waals surface area (Å²) in [5, 5.41) is 11.9. The fourth-order valence-electron chi connectivity index (χ4n) is 2.29. The van der Waals surface area contributed by atoms with Crippen LogP contribution in [-0.2, 0) is 14.1 Å². The molecule has 1 heterocycles. The molecule has 0 aliphatic heterocycles. The number of halogens is 2. The molecule has 8 nitrogen and oxygen atoms in total. The molecule has 25 heavy (non-hydrogen) atoms. The summed E-state index contributed by atoms with van der Waals surface area (Å²) >= 11 is 12.0. The number of benzene rings is 1. The van der Waals surface area contributed by atoms with E-state index in [1.807, 2.05) is 0 Å². The molecule has 10 heteroatoms. The van der Waals surface area contributed by atoms with E-state index in [0.29, 0.717) is 20.9 Å². The van der Waals surface area contributed by atoms with Gasteiger partial charge in [-0.15, -0.1) is 0 Å². The highest BCUT2D eigenvalue weighted by Crippen LogP contribution is 2.33. The van der Waals surface area contributed by atoms with Crippen LogP contribution in [0.25, 0.3) is 12.2 Å². The van der Waals surface area contributed by atoms with E-state index in [4.69, 9.17) is 27.9 Å². The summed E-state index contributed by atoms with van der Waals surface area (Å²) in [5.41, 5.74) is -2.12. The first-order chi connectivity index (χ1) is 11.7. The fraction of sp³-hybridized carbons (Fsp3) is 0.200. The van der Waals surface area contributed by atoms with Crippen LogP contribution in [0.5, 0.6) is 5.75 Å². The van der Waals surface area contributed by atoms with Crippen molar-refractivity contribution in [3.63, 3.8) is 0 Å². The molecule has 0 spiro atoms. The van der Waals surface area contributed by atoms with Crippen LogP contribution >= 0.6 is 23.2 Å². The number of ether oxygens (including phenoxy) is 1. The Bertz CT molecular complexity index is 1010. The van der Waals surface area contributed by atoms with Gasteiger partial charge >= 0.3 is 16.9 Å². The molecule has 0 amide bonds.